The number of hydrogen-bond donors (Lipinski definition) is 2. The first-order valence-corrected chi connectivity index (χ1v) is 6.91. The number of hydrogen-bond acceptors (Lipinski definition) is 3. The van der Waals surface area contributed by atoms with Crippen LogP contribution in [0.5, 0.6) is 0 Å². The third kappa shape index (κ3) is 3.67. The number of nitrogens with two attached hydrogens (primary N) is 1. The van der Waals surface area contributed by atoms with Crippen molar-refractivity contribution in [2.45, 2.75) is 6.61 Å². The number of benzene rings is 2. The van der Waals surface area contributed by atoms with Crippen LogP contribution in [0, 0.1) is 0 Å². The van der Waals surface area contributed by atoms with E-state index in [9.17, 15) is 4.79 Å². The maximum absolute atomic E-state index is 12.3. The average Bonchev–Trinajstić information content (AvgIpc) is 2.46. The second-order valence-electron chi connectivity index (χ2n) is 4.40. The van der Waals surface area contributed by atoms with Gasteiger partial charge in [0.1, 0.15) is 0 Å². The van der Waals surface area contributed by atoms with Crippen molar-refractivity contribution in [3.63, 3.8) is 0 Å². The van der Waals surface area contributed by atoms with Gasteiger partial charge in [-0.3, -0.25) is 4.79 Å². The molecule has 2 aromatic rings. The number of carbonyl (C=O) groups is 1. The van der Waals surface area contributed by atoms with E-state index in [1.165, 1.54) is 12.1 Å². The Bertz CT molecular complexity index is 651. The molecule has 1 amide bonds. The summed E-state index contributed by atoms with van der Waals surface area (Å²) in [5, 5.41) is 3.30. The van der Waals surface area contributed by atoms with E-state index in [-0.39, 0.29) is 21.6 Å². The van der Waals surface area contributed by atoms with Gasteiger partial charge in [0.15, 0.2) is 0 Å². The van der Waals surface area contributed by atoms with Crippen LogP contribution in [-0.2, 0) is 11.3 Å². The second-order valence-corrected chi connectivity index (χ2v) is 5.21. The van der Waals surface area contributed by atoms with Crippen molar-refractivity contribution in [3.8, 4) is 0 Å². The standard InChI is InChI=1S/C15H14Cl2N2O2/c1-21-8-9-4-2-3-5-13(9)19-15(20)10-6-11(16)14(18)12(17)7-10/h2-7H,8,18H2,1H3,(H,19,20). The van der Waals surface area contributed by atoms with Gasteiger partial charge in [0.25, 0.3) is 5.91 Å². The zero-order valence-corrected chi connectivity index (χ0v) is 12.8. The molecule has 6 heteroatoms. The highest BCUT2D eigenvalue weighted by molar-refractivity contribution is 6.39. The SMILES string of the molecule is COCc1ccccc1NC(=O)c1cc(Cl)c(N)c(Cl)c1. The number of rotatable bonds is 4. The second kappa shape index (κ2) is 6.80. The Kier molecular flexibility index (Phi) is 5.07. The number of para-hydroxylation sites is 1. The number of ether oxygens (including phenoxy) is 1. The summed E-state index contributed by atoms with van der Waals surface area (Å²) in [5.41, 5.74) is 7.80. The first-order chi connectivity index (χ1) is 10.0. The number of amides is 1. The van der Waals surface area contributed by atoms with Crippen LogP contribution in [0.4, 0.5) is 11.4 Å². The predicted molar refractivity (Wildman–Crippen MR) is 86.0 cm³/mol. The lowest BCUT2D eigenvalue weighted by atomic mass is 10.1. The molecule has 0 bridgehead atoms. The topological polar surface area (TPSA) is 64.3 Å². The van der Waals surface area contributed by atoms with Gasteiger partial charge in [-0.15, -0.1) is 0 Å². The molecule has 0 aliphatic heterocycles. The third-order valence-electron chi connectivity index (χ3n) is 2.91. The van der Waals surface area contributed by atoms with Crippen molar-refractivity contribution < 1.29 is 9.53 Å². The average molecular weight is 325 g/mol. The molecule has 0 aliphatic carbocycles. The molecule has 0 fully saturated rings. The molecule has 0 heterocycles. The van der Waals surface area contributed by atoms with Gasteiger partial charge in [-0.05, 0) is 18.2 Å². The quantitative estimate of drug-likeness (QED) is 0.836. The lowest BCUT2D eigenvalue weighted by Gasteiger charge is -2.11. The van der Waals surface area contributed by atoms with Crippen LogP contribution < -0.4 is 11.1 Å². The van der Waals surface area contributed by atoms with Crippen LogP contribution in [0.3, 0.4) is 0 Å². The molecule has 0 aliphatic rings. The number of methoxy groups -OCH3 is 1. The summed E-state index contributed by atoms with van der Waals surface area (Å²) < 4.78 is 5.10. The van der Waals surface area contributed by atoms with E-state index >= 15 is 0 Å². The zero-order valence-electron chi connectivity index (χ0n) is 11.3. The Morgan fingerprint density at radius 3 is 2.48 bits per heavy atom. The van der Waals surface area contributed by atoms with E-state index in [2.05, 4.69) is 5.32 Å². The van der Waals surface area contributed by atoms with Gasteiger partial charge in [0, 0.05) is 23.9 Å². The molecular weight excluding hydrogens is 311 g/mol. The van der Waals surface area contributed by atoms with Crippen LogP contribution in [0.1, 0.15) is 15.9 Å². The summed E-state index contributed by atoms with van der Waals surface area (Å²) in [6.07, 6.45) is 0. The Morgan fingerprint density at radius 2 is 1.86 bits per heavy atom. The molecule has 110 valence electrons. The normalized spacial score (nSPS) is 10.4. The van der Waals surface area contributed by atoms with Gasteiger partial charge in [0.2, 0.25) is 0 Å². The molecule has 2 rings (SSSR count). The highest BCUT2D eigenvalue weighted by Crippen LogP contribution is 2.29. The maximum Gasteiger partial charge on any atom is 0.255 e. The van der Waals surface area contributed by atoms with Crippen LogP contribution in [0.15, 0.2) is 36.4 Å². The monoisotopic (exact) mass is 324 g/mol. The molecular formula is C15H14Cl2N2O2. The van der Waals surface area contributed by atoms with Gasteiger partial charge in [-0.25, -0.2) is 0 Å². The minimum atomic E-state index is -0.317. The first kappa shape index (κ1) is 15.6. The number of nitrogens with one attached hydrogen (secondary N) is 1. The largest absolute Gasteiger partial charge is 0.396 e. The zero-order chi connectivity index (χ0) is 15.4. The smallest absolute Gasteiger partial charge is 0.255 e. The van der Waals surface area contributed by atoms with E-state index in [0.29, 0.717) is 17.9 Å². The van der Waals surface area contributed by atoms with Crippen LogP contribution in [-0.4, -0.2) is 13.0 Å². The summed E-state index contributed by atoms with van der Waals surface area (Å²) in [6.45, 7) is 0.402. The molecule has 4 nitrogen and oxygen atoms in total. The van der Waals surface area contributed by atoms with Gasteiger partial charge < -0.3 is 15.8 Å². The van der Waals surface area contributed by atoms with Crippen LogP contribution in [0.2, 0.25) is 10.0 Å². The summed E-state index contributed by atoms with van der Waals surface area (Å²) in [4.78, 5) is 12.3. The molecule has 0 radical (unpaired) electrons. The Hall–Kier alpha value is -1.75. The van der Waals surface area contributed by atoms with Crippen molar-refractivity contribution in [1.82, 2.24) is 0 Å². The summed E-state index contributed by atoms with van der Waals surface area (Å²) >= 11 is 11.9. The fourth-order valence-corrected chi connectivity index (χ4v) is 2.32. The van der Waals surface area contributed by atoms with Crippen molar-refractivity contribution in [2.24, 2.45) is 0 Å². The molecule has 2 aromatic carbocycles. The van der Waals surface area contributed by atoms with E-state index in [1.807, 2.05) is 18.2 Å². The fraction of sp³-hybridized carbons (Fsp3) is 0.133. The third-order valence-corrected chi connectivity index (χ3v) is 3.53. The van der Waals surface area contributed by atoms with Crippen LogP contribution >= 0.6 is 23.2 Å². The molecule has 0 unspecified atom stereocenters. The van der Waals surface area contributed by atoms with Gasteiger partial charge >= 0.3 is 0 Å². The van der Waals surface area contributed by atoms with E-state index in [4.69, 9.17) is 33.7 Å². The Morgan fingerprint density at radius 1 is 1.24 bits per heavy atom. The highest BCUT2D eigenvalue weighted by atomic mass is 35.5. The lowest BCUT2D eigenvalue weighted by molar-refractivity contribution is 0.102. The fourth-order valence-electron chi connectivity index (χ4n) is 1.83. The first-order valence-electron chi connectivity index (χ1n) is 6.15. The number of halogens is 2. The number of nitrogen functional groups attached to an aromatic ring is 1. The van der Waals surface area contributed by atoms with Crippen LogP contribution in [0.25, 0.3) is 0 Å². The van der Waals surface area contributed by atoms with Gasteiger partial charge in [-0.1, -0.05) is 41.4 Å². The Labute approximate surface area is 132 Å². The molecule has 0 saturated carbocycles. The summed E-state index contributed by atoms with van der Waals surface area (Å²) in [5.74, 6) is -0.317. The van der Waals surface area contributed by atoms with E-state index in [1.54, 1.807) is 13.2 Å². The maximum atomic E-state index is 12.3. The van der Waals surface area contributed by atoms with Crippen molar-refractivity contribution in [2.75, 3.05) is 18.2 Å². The lowest BCUT2D eigenvalue weighted by Crippen LogP contribution is -2.14. The predicted octanol–water partition coefficient (Wildman–Crippen LogP) is 3.97. The van der Waals surface area contributed by atoms with E-state index < -0.39 is 0 Å². The number of carbonyl (C=O) groups excluding carboxylic acids is 1. The van der Waals surface area contributed by atoms with Gasteiger partial charge in [0.05, 0.1) is 22.3 Å². The molecule has 0 atom stereocenters. The summed E-state index contributed by atoms with van der Waals surface area (Å²) in [7, 11) is 1.60. The number of anilines is 2. The molecule has 3 N–H and O–H groups in total. The minimum absolute atomic E-state index is 0.248. The molecule has 0 spiro atoms. The summed E-state index contributed by atoms with van der Waals surface area (Å²) in [6, 6.07) is 10.3. The van der Waals surface area contributed by atoms with Crippen molar-refractivity contribution >= 4 is 40.5 Å². The Balaban J connectivity index is 2.26. The highest BCUT2D eigenvalue weighted by Gasteiger charge is 2.13. The molecule has 0 aromatic heterocycles. The molecule has 21 heavy (non-hydrogen) atoms. The van der Waals surface area contributed by atoms with E-state index in [0.717, 1.165) is 5.56 Å². The van der Waals surface area contributed by atoms with Crippen molar-refractivity contribution in [3.05, 3.63) is 57.6 Å². The van der Waals surface area contributed by atoms with Gasteiger partial charge in [-0.2, -0.15) is 0 Å². The van der Waals surface area contributed by atoms with Crippen molar-refractivity contribution in [1.29, 1.82) is 0 Å². The molecule has 0 saturated heterocycles. The minimum Gasteiger partial charge on any atom is -0.396 e.